The number of nitrogens with one attached hydrogen (secondary N) is 1. The van der Waals surface area contributed by atoms with Crippen molar-refractivity contribution in [3.63, 3.8) is 0 Å². The zero-order chi connectivity index (χ0) is 15.3. The van der Waals surface area contributed by atoms with Crippen molar-refractivity contribution in [1.29, 1.82) is 0 Å². The van der Waals surface area contributed by atoms with Crippen LogP contribution in [0.2, 0.25) is 0 Å². The highest BCUT2D eigenvalue weighted by Crippen LogP contribution is 2.44. The molecule has 0 spiro atoms. The highest BCUT2D eigenvalue weighted by Gasteiger charge is 2.49. The lowest BCUT2D eigenvalue weighted by atomic mass is 9.98. The molecule has 1 aliphatic carbocycles. The van der Waals surface area contributed by atoms with E-state index in [2.05, 4.69) is 20.2 Å². The summed E-state index contributed by atoms with van der Waals surface area (Å²) in [6.07, 6.45) is 4.58. The van der Waals surface area contributed by atoms with Crippen LogP contribution >= 0.6 is 11.3 Å². The molecule has 22 heavy (non-hydrogen) atoms. The quantitative estimate of drug-likeness (QED) is 0.874. The molecule has 2 N–H and O–H groups in total. The van der Waals surface area contributed by atoms with Crippen LogP contribution in [0.4, 0.5) is 5.13 Å². The molecule has 1 fully saturated rings. The minimum absolute atomic E-state index is 0.107. The van der Waals surface area contributed by atoms with Gasteiger partial charge in [0.2, 0.25) is 5.13 Å². The lowest BCUT2D eigenvalue weighted by Gasteiger charge is -2.22. The van der Waals surface area contributed by atoms with E-state index in [0.29, 0.717) is 10.8 Å². The summed E-state index contributed by atoms with van der Waals surface area (Å²) in [6, 6.07) is -0.740. The number of hydrogen-bond acceptors (Lipinski definition) is 7. The summed E-state index contributed by atoms with van der Waals surface area (Å²) >= 11 is 1.16. The third-order valence-corrected chi connectivity index (χ3v) is 4.48. The van der Waals surface area contributed by atoms with Gasteiger partial charge in [0.05, 0.1) is 23.8 Å². The van der Waals surface area contributed by atoms with Gasteiger partial charge in [0, 0.05) is 5.92 Å². The molecule has 1 unspecified atom stereocenters. The Morgan fingerprint density at radius 1 is 1.45 bits per heavy atom. The second kappa shape index (κ2) is 4.73. The van der Waals surface area contributed by atoms with Gasteiger partial charge in [-0.1, -0.05) is 11.3 Å². The van der Waals surface area contributed by atoms with Crippen LogP contribution < -0.4 is 4.90 Å². The van der Waals surface area contributed by atoms with E-state index in [0.717, 1.165) is 24.2 Å². The van der Waals surface area contributed by atoms with Crippen molar-refractivity contribution in [3.8, 4) is 0 Å². The van der Waals surface area contributed by atoms with Crippen molar-refractivity contribution in [3.05, 3.63) is 35.1 Å². The summed E-state index contributed by atoms with van der Waals surface area (Å²) < 4.78 is 0. The molecule has 4 rings (SSSR count). The first-order valence-corrected chi connectivity index (χ1v) is 7.61. The van der Waals surface area contributed by atoms with Crippen LogP contribution in [0.1, 0.15) is 24.6 Å². The summed E-state index contributed by atoms with van der Waals surface area (Å²) in [4.78, 5) is 33.1. The van der Waals surface area contributed by atoms with Gasteiger partial charge in [-0.3, -0.25) is 14.5 Å². The topological polar surface area (TPSA) is 112 Å². The number of hydrogen-bond donors (Lipinski definition) is 2. The van der Waals surface area contributed by atoms with Gasteiger partial charge >= 0.3 is 0 Å². The number of Topliss-reactive ketones (excluding diaryl/α,β-unsaturated/α-hetero) is 1. The van der Waals surface area contributed by atoms with Gasteiger partial charge in [0.15, 0.2) is 11.5 Å². The maximum atomic E-state index is 12.5. The number of nitrogens with zero attached hydrogens (tertiary/aromatic N) is 4. The van der Waals surface area contributed by atoms with Crippen LogP contribution in [0.3, 0.4) is 0 Å². The zero-order valence-electron chi connectivity index (χ0n) is 11.3. The molecule has 2 aromatic rings. The van der Waals surface area contributed by atoms with E-state index in [-0.39, 0.29) is 17.3 Å². The molecule has 1 aliphatic heterocycles. The van der Waals surface area contributed by atoms with E-state index in [9.17, 15) is 14.7 Å². The standard InChI is InChI=1S/C13H11N5O3S/c19-10(6-1-2-6)8-9(7-3-14-4-15-7)18(12(21)11(8)20)13-17-16-5-22-13/h3-6,9,20H,1-2H2,(H,14,15). The predicted octanol–water partition coefficient (Wildman–Crippen LogP) is 1.14. The molecule has 0 bridgehead atoms. The Balaban J connectivity index is 1.84. The van der Waals surface area contributed by atoms with Gasteiger partial charge in [-0.05, 0) is 12.8 Å². The highest BCUT2D eigenvalue weighted by molar-refractivity contribution is 7.13. The number of H-pyrrole nitrogens is 1. The molecular formula is C13H11N5O3S. The summed E-state index contributed by atoms with van der Waals surface area (Å²) in [5.74, 6) is -1.44. The van der Waals surface area contributed by atoms with Crippen LogP contribution in [0.25, 0.3) is 0 Å². The number of anilines is 1. The van der Waals surface area contributed by atoms with Crippen molar-refractivity contribution in [1.82, 2.24) is 20.2 Å². The summed E-state index contributed by atoms with van der Waals surface area (Å²) in [7, 11) is 0. The smallest absolute Gasteiger partial charge is 0.296 e. The fourth-order valence-corrected chi connectivity index (χ4v) is 3.19. The summed E-state index contributed by atoms with van der Waals surface area (Å²) in [6.45, 7) is 0. The Morgan fingerprint density at radius 2 is 2.27 bits per heavy atom. The van der Waals surface area contributed by atoms with Crippen molar-refractivity contribution < 1.29 is 14.7 Å². The molecule has 2 aliphatic rings. The number of carbonyl (C=O) groups excluding carboxylic acids is 2. The SMILES string of the molecule is O=C(C1=C(O)C(=O)N(c2nncs2)C1c1cnc[nH]1)C1CC1. The Kier molecular flexibility index (Phi) is 2.83. The van der Waals surface area contributed by atoms with Crippen LogP contribution in [-0.2, 0) is 9.59 Å². The van der Waals surface area contributed by atoms with Crippen LogP contribution in [0.5, 0.6) is 0 Å². The van der Waals surface area contributed by atoms with Gasteiger partial charge in [-0.2, -0.15) is 0 Å². The van der Waals surface area contributed by atoms with Crippen molar-refractivity contribution >= 4 is 28.2 Å². The normalized spacial score (nSPS) is 21.7. The predicted molar refractivity (Wildman–Crippen MR) is 76.1 cm³/mol. The molecule has 2 aromatic heterocycles. The minimum atomic E-state index is -0.740. The highest BCUT2D eigenvalue weighted by atomic mass is 32.1. The first-order chi connectivity index (χ1) is 10.7. The maximum absolute atomic E-state index is 12.5. The molecule has 1 saturated carbocycles. The molecule has 0 radical (unpaired) electrons. The van der Waals surface area contributed by atoms with Gasteiger partial charge in [0.1, 0.15) is 11.6 Å². The summed E-state index contributed by atoms with van der Waals surface area (Å²) in [5, 5.41) is 18.2. The van der Waals surface area contributed by atoms with E-state index in [1.165, 1.54) is 22.9 Å². The lowest BCUT2D eigenvalue weighted by Crippen LogP contribution is -2.31. The fraction of sp³-hybridized carbons (Fsp3) is 0.308. The summed E-state index contributed by atoms with van der Waals surface area (Å²) in [5.41, 5.74) is 2.16. The van der Waals surface area contributed by atoms with E-state index in [1.807, 2.05) is 0 Å². The number of carbonyl (C=O) groups is 2. The first kappa shape index (κ1) is 13.1. The lowest BCUT2D eigenvalue weighted by molar-refractivity contribution is -0.118. The second-order valence-corrected chi connectivity index (χ2v) is 6.02. The molecule has 0 aromatic carbocycles. The zero-order valence-corrected chi connectivity index (χ0v) is 12.1. The molecule has 9 heteroatoms. The number of aliphatic hydroxyl groups is 1. The van der Waals surface area contributed by atoms with E-state index in [1.54, 1.807) is 0 Å². The molecule has 3 heterocycles. The number of imidazole rings is 1. The molecule has 8 nitrogen and oxygen atoms in total. The number of amides is 1. The minimum Gasteiger partial charge on any atom is -0.503 e. The number of aliphatic hydroxyl groups excluding tert-OH is 1. The molecule has 112 valence electrons. The number of aromatic nitrogens is 4. The van der Waals surface area contributed by atoms with Crippen molar-refractivity contribution in [2.75, 3.05) is 4.90 Å². The third kappa shape index (κ3) is 1.86. The Morgan fingerprint density at radius 3 is 2.86 bits per heavy atom. The third-order valence-electron chi connectivity index (χ3n) is 3.79. The van der Waals surface area contributed by atoms with Gasteiger partial charge < -0.3 is 10.1 Å². The molecule has 0 saturated heterocycles. The van der Waals surface area contributed by atoms with Crippen molar-refractivity contribution in [2.24, 2.45) is 5.92 Å². The first-order valence-electron chi connectivity index (χ1n) is 6.74. The Hall–Kier alpha value is -2.55. The molecule has 1 atom stereocenters. The molecule has 1 amide bonds. The Labute approximate surface area is 128 Å². The number of ketones is 1. The van der Waals surface area contributed by atoms with E-state index in [4.69, 9.17) is 0 Å². The number of aromatic amines is 1. The molecular weight excluding hydrogens is 306 g/mol. The number of rotatable bonds is 4. The van der Waals surface area contributed by atoms with Crippen LogP contribution in [0.15, 0.2) is 29.4 Å². The maximum Gasteiger partial charge on any atom is 0.296 e. The fourth-order valence-electron chi connectivity index (χ4n) is 2.60. The van der Waals surface area contributed by atoms with Crippen LogP contribution in [0, 0.1) is 5.92 Å². The average Bonchev–Trinajstić information content (AvgIpc) is 2.91. The second-order valence-electron chi connectivity index (χ2n) is 5.21. The monoisotopic (exact) mass is 317 g/mol. The van der Waals surface area contributed by atoms with Crippen molar-refractivity contribution in [2.45, 2.75) is 18.9 Å². The van der Waals surface area contributed by atoms with Gasteiger partial charge in [-0.25, -0.2) is 4.98 Å². The van der Waals surface area contributed by atoms with Crippen LogP contribution in [-0.4, -0.2) is 37.0 Å². The van der Waals surface area contributed by atoms with E-state index < -0.39 is 17.7 Å². The van der Waals surface area contributed by atoms with E-state index >= 15 is 0 Å². The largest absolute Gasteiger partial charge is 0.503 e. The van der Waals surface area contributed by atoms with Gasteiger partial charge in [-0.15, -0.1) is 10.2 Å². The average molecular weight is 317 g/mol. The Bertz CT molecular complexity index is 764. The van der Waals surface area contributed by atoms with Gasteiger partial charge in [0.25, 0.3) is 5.91 Å².